The Morgan fingerprint density at radius 3 is 2.94 bits per heavy atom. The molecule has 2 heterocycles. The van der Waals surface area contributed by atoms with Crippen molar-refractivity contribution in [3.8, 4) is 0 Å². The minimum atomic E-state index is -0.0383. The monoisotopic (exact) mass is 232 g/mol. The van der Waals surface area contributed by atoms with Crippen LogP contribution in [0, 0.1) is 6.92 Å². The van der Waals surface area contributed by atoms with E-state index in [0.29, 0.717) is 0 Å². The molecule has 0 radical (unpaired) electrons. The van der Waals surface area contributed by atoms with E-state index in [0.717, 1.165) is 12.0 Å². The molecule has 2 aromatic heterocycles. The van der Waals surface area contributed by atoms with Gasteiger partial charge in [0.05, 0.1) is 6.04 Å². The Morgan fingerprint density at radius 1 is 1.44 bits per heavy atom. The summed E-state index contributed by atoms with van der Waals surface area (Å²) in [7, 11) is 0. The first-order valence-corrected chi connectivity index (χ1v) is 6.34. The second-order valence-corrected chi connectivity index (χ2v) is 4.82. The van der Waals surface area contributed by atoms with E-state index >= 15 is 0 Å². The summed E-state index contributed by atoms with van der Waals surface area (Å²) in [5, 5.41) is 2.11. The van der Waals surface area contributed by atoms with Gasteiger partial charge in [0.25, 0.3) is 0 Å². The maximum atomic E-state index is 6.31. The number of aryl methyl sites for hydroxylation is 2. The quantitative estimate of drug-likeness (QED) is 0.883. The van der Waals surface area contributed by atoms with Crippen LogP contribution in [0.15, 0.2) is 29.9 Å². The highest BCUT2D eigenvalue weighted by atomic mass is 32.1. The first-order valence-electron chi connectivity index (χ1n) is 5.46. The lowest BCUT2D eigenvalue weighted by atomic mass is 10.0. The first kappa shape index (κ1) is 11.3. The van der Waals surface area contributed by atoms with E-state index in [4.69, 9.17) is 5.73 Å². The fourth-order valence-electron chi connectivity index (χ4n) is 1.86. The highest BCUT2D eigenvalue weighted by Gasteiger charge is 2.15. The summed E-state index contributed by atoms with van der Waals surface area (Å²) in [4.78, 5) is 5.42. The molecule has 0 aromatic carbocycles. The molecule has 0 saturated carbocycles. The fourth-order valence-corrected chi connectivity index (χ4v) is 2.87. The number of hydrogen-bond acceptors (Lipinski definition) is 3. The van der Waals surface area contributed by atoms with E-state index in [1.54, 1.807) is 17.5 Å². The van der Waals surface area contributed by atoms with Crippen molar-refractivity contribution in [3.63, 3.8) is 0 Å². The van der Waals surface area contributed by atoms with Crippen molar-refractivity contribution in [3.05, 3.63) is 51.5 Å². The minimum Gasteiger partial charge on any atom is -0.320 e. The maximum absolute atomic E-state index is 6.31. The maximum Gasteiger partial charge on any atom is 0.0666 e. The Hall–Kier alpha value is -1.19. The number of pyridine rings is 1. The second kappa shape index (κ2) is 4.76. The highest BCUT2D eigenvalue weighted by Crippen LogP contribution is 2.29. The lowest BCUT2D eigenvalue weighted by molar-refractivity contribution is 0.856. The van der Waals surface area contributed by atoms with Crippen LogP contribution in [-0.2, 0) is 6.42 Å². The SMILES string of the molecule is CCc1ccsc1C(N)c1cnccc1C. The summed E-state index contributed by atoms with van der Waals surface area (Å²) in [6.45, 7) is 4.24. The van der Waals surface area contributed by atoms with Crippen LogP contribution in [0.25, 0.3) is 0 Å². The number of rotatable bonds is 3. The Balaban J connectivity index is 2.39. The molecule has 0 aliphatic rings. The van der Waals surface area contributed by atoms with Crippen LogP contribution in [0.2, 0.25) is 0 Å². The van der Waals surface area contributed by atoms with Crippen molar-refractivity contribution in [2.24, 2.45) is 5.73 Å². The Morgan fingerprint density at radius 2 is 2.25 bits per heavy atom. The molecule has 0 aliphatic heterocycles. The van der Waals surface area contributed by atoms with Gasteiger partial charge in [0, 0.05) is 17.3 Å². The van der Waals surface area contributed by atoms with Gasteiger partial charge in [-0.25, -0.2) is 0 Å². The van der Waals surface area contributed by atoms with Crippen molar-refractivity contribution >= 4 is 11.3 Å². The summed E-state index contributed by atoms with van der Waals surface area (Å²) in [6.07, 6.45) is 4.71. The number of nitrogens with zero attached hydrogens (tertiary/aromatic N) is 1. The van der Waals surface area contributed by atoms with Crippen molar-refractivity contribution in [1.29, 1.82) is 0 Å². The minimum absolute atomic E-state index is 0.0383. The van der Waals surface area contributed by atoms with E-state index in [2.05, 4.69) is 30.3 Å². The molecule has 0 fully saturated rings. The molecule has 0 saturated heterocycles. The number of hydrogen-bond donors (Lipinski definition) is 1. The van der Waals surface area contributed by atoms with Gasteiger partial charge in [-0.1, -0.05) is 6.92 Å². The zero-order valence-electron chi connectivity index (χ0n) is 9.60. The van der Waals surface area contributed by atoms with Crippen LogP contribution in [0.1, 0.15) is 34.5 Å². The van der Waals surface area contributed by atoms with Gasteiger partial charge in [0.2, 0.25) is 0 Å². The topological polar surface area (TPSA) is 38.9 Å². The second-order valence-electron chi connectivity index (χ2n) is 3.87. The normalized spacial score (nSPS) is 12.7. The average Bonchev–Trinajstić information content (AvgIpc) is 2.77. The molecule has 1 atom stereocenters. The van der Waals surface area contributed by atoms with Crippen molar-refractivity contribution in [1.82, 2.24) is 4.98 Å². The molecule has 0 amide bonds. The molecule has 0 bridgehead atoms. The third kappa shape index (κ3) is 2.01. The van der Waals surface area contributed by atoms with Gasteiger partial charge >= 0.3 is 0 Å². The van der Waals surface area contributed by atoms with E-state index in [1.807, 2.05) is 12.3 Å². The van der Waals surface area contributed by atoms with Gasteiger partial charge in [-0.15, -0.1) is 11.3 Å². The van der Waals surface area contributed by atoms with E-state index < -0.39 is 0 Å². The Labute approximate surface area is 100 Å². The lowest BCUT2D eigenvalue weighted by Gasteiger charge is -2.14. The van der Waals surface area contributed by atoms with Gasteiger partial charge in [-0.05, 0) is 47.5 Å². The molecule has 2 aromatic rings. The van der Waals surface area contributed by atoms with Crippen LogP contribution in [0.5, 0.6) is 0 Å². The lowest BCUT2D eigenvalue weighted by Crippen LogP contribution is -2.13. The molecule has 0 spiro atoms. The van der Waals surface area contributed by atoms with Crippen molar-refractivity contribution in [2.75, 3.05) is 0 Å². The van der Waals surface area contributed by atoms with Crippen LogP contribution in [0.3, 0.4) is 0 Å². The summed E-state index contributed by atoms with van der Waals surface area (Å²) in [6, 6.07) is 4.13. The zero-order valence-corrected chi connectivity index (χ0v) is 10.4. The predicted molar refractivity (Wildman–Crippen MR) is 68.7 cm³/mol. The molecule has 16 heavy (non-hydrogen) atoms. The van der Waals surface area contributed by atoms with Gasteiger partial charge in [0.15, 0.2) is 0 Å². The van der Waals surface area contributed by atoms with Crippen LogP contribution in [0.4, 0.5) is 0 Å². The molecule has 3 heteroatoms. The van der Waals surface area contributed by atoms with Crippen LogP contribution in [-0.4, -0.2) is 4.98 Å². The highest BCUT2D eigenvalue weighted by molar-refractivity contribution is 7.10. The van der Waals surface area contributed by atoms with E-state index in [-0.39, 0.29) is 6.04 Å². The summed E-state index contributed by atoms with van der Waals surface area (Å²) in [5.41, 5.74) is 9.99. The third-order valence-electron chi connectivity index (χ3n) is 2.86. The summed E-state index contributed by atoms with van der Waals surface area (Å²) >= 11 is 1.73. The Bertz CT molecular complexity index is 476. The number of aromatic nitrogens is 1. The van der Waals surface area contributed by atoms with Crippen LogP contribution >= 0.6 is 11.3 Å². The predicted octanol–water partition coefficient (Wildman–Crippen LogP) is 3.06. The van der Waals surface area contributed by atoms with Crippen molar-refractivity contribution < 1.29 is 0 Å². The fraction of sp³-hybridized carbons (Fsp3) is 0.308. The van der Waals surface area contributed by atoms with E-state index in [9.17, 15) is 0 Å². The molecule has 2 nitrogen and oxygen atoms in total. The van der Waals surface area contributed by atoms with Gasteiger partial charge < -0.3 is 5.73 Å². The molecule has 0 aliphatic carbocycles. The molecular formula is C13H16N2S. The van der Waals surface area contributed by atoms with Crippen molar-refractivity contribution in [2.45, 2.75) is 26.3 Å². The van der Waals surface area contributed by atoms with E-state index in [1.165, 1.54) is 16.0 Å². The molecule has 84 valence electrons. The summed E-state index contributed by atoms with van der Waals surface area (Å²) < 4.78 is 0. The molecular weight excluding hydrogens is 216 g/mol. The van der Waals surface area contributed by atoms with Crippen LogP contribution < -0.4 is 5.73 Å². The van der Waals surface area contributed by atoms with Gasteiger partial charge in [0.1, 0.15) is 0 Å². The van der Waals surface area contributed by atoms with Gasteiger partial charge in [-0.2, -0.15) is 0 Å². The van der Waals surface area contributed by atoms with Gasteiger partial charge in [-0.3, -0.25) is 4.98 Å². The number of nitrogens with two attached hydrogens (primary N) is 1. The average molecular weight is 232 g/mol. The number of thiophene rings is 1. The first-order chi connectivity index (χ1) is 7.74. The molecule has 2 N–H and O–H groups in total. The summed E-state index contributed by atoms with van der Waals surface area (Å²) in [5.74, 6) is 0. The zero-order chi connectivity index (χ0) is 11.5. The largest absolute Gasteiger partial charge is 0.320 e. The molecule has 1 unspecified atom stereocenters. The Kier molecular flexibility index (Phi) is 3.36. The molecule has 2 rings (SSSR count). The third-order valence-corrected chi connectivity index (χ3v) is 3.90. The smallest absolute Gasteiger partial charge is 0.0666 e. The standard InChI is InChI=1S/C13H16N2S/c1-3-10-5-7-16-13(10)12(14)11-8-15-6-4-9(11)2/h4-8,12H,3,14H2,1-2H3.